The number of aryl methyl sites for hydroxylation is 1. The van der Waals surface area contributed by atoms with Crippen LogP contribution in [0.25, 0.3) is 0 Å². The minimum Gasteiger partial charge on any atom is -0.464 e. The van der Waals surface area contributed by atoms with E-state index in [0.717, 1.165) is 6.54 Å². The Kier molecular flexibility index (Phi) is 5.57. The summed E-state index contributed by atoms with van der Waals surface area (Å²) < 4.78 is 4.96. The highest BCUT2D eigenvalue weighted by atomic mass is 16.5. The van der Waals surface area contributed by atoms with Crippen LogP contribution in [0.2, 0.25) is 0 Å². The Hall–Kier alpha value is -1.35. The molecule has 0 saturated carbocycles. The summed E-state index contributed by atoms with van der Waals surface area (Å²) in [5.41, 5.74) is 2.56. The molecule has 0 spiro atoms. The van der Waals surface area contributed by atoms with Crippen molar-refractivity contribution < 1.29 is 9.53 Å². The first-order chi connectivity index (χ1) is 7.74. The van der Waals surface area contributed by atoms with Crippen molar-refractivity contribution in [3.8, 4) is 0 Å². The van der Waals surface area contributed by atoms with Crippen molar-refractivity contribution in [2.75, 3.05) is 13.2 Å². The number of esters is 1. The molecule has 0 aliphatic heterocycles. The second-order valence-corrected chi connectivity index (χ2v) is 3.68. The van der Waals surface area contributed by atoms with Crippen LogP contribution < -0.4 is 5.32 Å². The van der Waals surface area contributed by atoms with Crippen LogP contribution in [0.3, 0.4) is 0 Å². The second-order valence-electron chi connectivity index (χ2n) is 3.68. The molecule has 0 radical (unpaired) electrons. The van der Waals surface area contributed by atoms with Gasteiger partial charge in [-0.25, -0.2) is 0 Å². The third-order valence-electron chi connectivity index (χ3n) is 2.41. The van der Waals surface area contributed by atoms with E-state index in [0.29, 0.717) is 19.6 Å². The van der Waals surface area contributed by atoms with Gasteiger partial charge in [0.1, 0.15) is 6.61 Å². The Bertz CT molecular complexity index is 336. The van der Waals surface area contributed by atoms with Crippen molar-refractivity contribution in [2.24, 2.45) is 0 Å². The number of rotatable bonds is 6. The zero-order valence-electron chi connectivity index (χ0n) is 9.95. The monoisotopic (exact) mass is 221 g/mol. The van der Waals surface area contributed by atoms with Crippen molar-refractivity contribution in [2.45, 2.75) is 26.8 Å². The Morgan fingerprint density at radius 2 is 2.12 bits per heavy atom. The number of carbonyl (C=O) groups excluding carboxylic acids is 1. The summed E-state index contributed by atoms with van der Waals surface area (Å²) in [4.78, 5) is 10.8. The van der Waals surface area contributed by atoms with E-state index in [9.17, 15) is 4.79 Å². The molecule has 0 aliphatic carbocycles. The molecule has 3 heteroatoms. The summed E-state index contributed by atoms with van der Waals surface area (Å²) in [5, 5.41) is 3.24. The van der Waals surface area contributed by atoms with Crippen molar-refractivity contribution in [1.29, 1.82) is 0 Å². The first kappa shape index (κ1) is 12.7. The second kappa shape index (κ2) is 7.01. The lowest BCUT2D eigenvalue weighted by atomic mass is 10.1. The molecular weight excluding hydrogens is 202 g/mol. The van der Waals surface area contributed by atoms with Crippen LogP contribution in [0, 0.1) is 6.92 Å². The molecule has 0 saturated heterocycles. The number of hydrogen-bond donors (Lipinski definition) is 1. The first-order valence-corrected chi connectivity index (χ1v) is 5.65. The Balaban J connectivity index is 2.17. The molecule has 0 aromatic heterocycles. The van der Waals surface area contributed by atoms with E-state index in [1.54, 1.807) is 6.92 Å². The zero-order chi connectivity index (χ0) is 11.8. The molecule has 1 aromatic carbocycles. The molecule has 1 N–H and O–H groups in total. The molecular formula is C13H19NO2. The normalized spacial score (nSPS) is 10.1. The van der Waals surface area contributed by atoms with Gasteiger partial charge in [-0.1, -0.05) is 31.2 Å². The predicted octanol–water partition coefficient (Wildman–Crippen LogP) is 2.04. The van der Waals surface area contributed by atoms with Gasteiger partial charge in [0, 0.05) is 19.5 Å². The quantitative estimate of drug-likeness (QED) is 0.590. The first-order valence-electron chi connectivity index (χ1n) is 5.65. The summed E-state index contributed by atoms with van der Waals surface area (Å²) in [5.74, 6) is -0.141. The van der Waals surface area contributed by atoms with E-state index in [2.05, 4.69) is 24.4 Å². The average molecular weight is 221 g/mol. The van der Waals surface area contributed by atoms with Crippen LogP contribution in [0.15, 0.2) is 24.3 Å². The van der Waals surface area contributed by atoms with E-state index in [1.165, 1.54) is 11.1 Å². The summed E-state index contributed by atoms with van der Waals surface area (Å²) >= 11 is 0. The third-order valence-corrected chi connectivity index (χ3v) is 2.41. The SMILES string of the molecule is CCC(=O)OCCNCc1ccccc1C. The van der Waals surface area contributed by atoms with Gasteiger partial charge < -0.3 is 10.1 Å². The van der Waals surface area contributed by atoms with Crippen LogP contribution in [0.5, 0.6) is 0 Å². The fourth-order valence-electron chi connectivity index (χ4n) is 1.37. The maximum atomic E-state index is 10.8. The number of nitrogens with one attached hydrogen (secondary N) is 1. The Morgan fingerprint density at radius 1 is 1.38 bits per heavy atom. The predicted molar refractivity (Wildman–Crippen MR) is 64.1 cm³/mol. The Labute approximate surface area is 96.8 Å². The molecule has 0 fully saturated rings. The fraction of sp³-hybridized carbons (Fsp3) is 0.462. The maximum Gasteiger partial charge on any atom is 0.305 e. The fourth-order valence-corrected chi connectivity index (χ4v) is 1.37. The molecule has 0 atom stereocenters. The van der Waals surface area contributed by atoms with Crippen LogP contribution in [0.1, 0.15) is 24.5 Å². The highest BCUT2D eigenvalue weighted by Crippen LogP contribution is 2.05. The lowest BCUT2D eigenvalue weighted by molar-refractivity contribution is -0.143. The highest BCUT2D eigenvalue weighted by Gasteiger charge is 1.98. The van der Waals surface area contributed by atoms with E-state index in [-0.39, 0.29) is 5.97 Å². The molecule has 0 unspecified atom stereocenters. The van der Waals surface area contributed by atoms with Crippen molar-refractivity contribution in [3.05, 3.63) is 35.4 Å². The van der Waals surface area contributed by atoms with Gasteiger partial charge in [-0.2, -0.15) is 0 Å². The van der Waals surface area contributed by atoms with Crippen LogP contribution in [0.4, 0.5) is 0 Å². The largest absolute Gasteiger partial charge is 0.464 e. The summed E-state index contributed by atoms with van der Waals surface area (Å²) in [6.45, 7) is 5.84. The molecule has 0 aliphatic rings. The van der Waals surface area contributed by atoms with E-state index in [1.807, 2.05) is 12.1 Å². The standard InChI is InChI=1S/C13H19NO2/c1-3-13(15)16-9-8-14-10-12-7-5-4-6-11(12)2/h4-7,14H,3,8-10H2,1-2H3. The van der Waals surface area contributed by atoms with Gasteiger partial charge in [0.2, 0.25) is 0 Å². The van der Waals surface area contributed by atoms with Gasteiger partial charge in [-0.3, -0.25) is 4.79 Å². The van der Waals surface area contributed by atoms with Gasteiger partial charge >= 0.3 is 5.97 Å². The molecule has 16 heavy (non-hydrogen) atoms. The van der Waals surface area contributed by atoms with Gasteiger partial charge in [-0.05, 0) is 18.1 Å². The smallest absolute Gasteiger partial charge is 0.305 e. The topological polar surface area (TPSA) is 38.3 Å². The minimum absolute atomic E-state index is 0.141. The molecule has 3 nitrogen and oxygen atoms in total. The average Bonchev–Trinajstić information content (AvgIpc) is 2.30. The van der Waals surface area contributed by atoms with Gasteiger partial charge in [-0.15, -0.1) is 0 Å². The van der Waals surface area contributed by atoms with Gasteiger partial charge in [0.15, 0.2) is 0 Å². The highest BCUT2D eigenvalue weighted by molar-refractivity contribution is 5.68. The van der Waals surface area contributed by atoms with Crippen molar-refractivity contribution >= 4 is 5.97 Å². The summed E-state index contributed by atoms with van der Waals surface area (Å²) in [6, 6.07) is 8.25. The number of benzene rings is 1. The molecule has 0 amide bonds. The minimum atomic E-state index is -0.141. The molecule has 0 heterocycles. The maximum absolute atomic E-state index is 10.8. The van der Waals surface area contributed by atoms with Gasteiger partial charge in [0.05, 0.1) is 0 Å². The molecule has 1 rings (SSSR count). The Morgan fingerprint density at radius 3 is 2.81 bits per heavy atom. The molecule has 88 valence electrons. The van der Waals surface area contributed by atoms with Crippen LogP contribution in [-0.4, -0.2) is 19.1 Å². The number of hydrogen-bond acceptors (Lipinski definition) is 3. The van der Waals surface area contributed by atoms with E-state index < -0.39 is 0 Å². The summed E-state index contributed by atoms with van der Waals surface area (Å²) in [6.07, 6.45) is 0.442. The zero-order valence-corrected chi connectivity index (χ0v) is 9.95. The lowest BCUT2D eigenvalue weighted by Gasteiger charge is -2.07. The van der Waals surface area contributed by atoms with Crippen molar-refractivity contribution in [3.63, 3.8) is 0 Å². The van der Waals surface area contributed by atoms with E-state index >= 15 is 0 Å². The number of ether oxygens (including phenoxy) is 1. The third kappa shape index (κ3) is 4.45. The van der Waals surface area contributed by atoms with Crippen molar-refractivity contribution in [1.82, 2.24) is 5.32 Å². The molecule has 1 aromatic rings. The van der Waals surface area contributed by atoms with Crippen LogP contribution >= 0.6 is 0 Å². The lowest BCUT2D eigenvalue weighted by Crippen LogP contribution is -2.21. The van der Waals surface area contributed by atoms with E-state index in [4.69, 9.17) is 4.74 Å². The number of carbonyl (C=O) groups is 1. The summed E-state index contributed by atoms with van der Waals surface area (Å²) in [7, 11) is 0. The van der Waals surface area contributed by atoms with Gasteiger partial charge in [0.25, 0.3) is 0 Å². The van der Waals surface area contributed by atoms with Crippen LogP contribution in [-0.2, 0) is 16.1 Å². The molecule has 0 bridgehead atoms.